The van der Waals surface area contributed by atoms with Crippen molar-refractivity contribution < 1.29 is 9.47 Å². The van der Waals surface area contributed by atoms with Gasteiger partial charge in [-0.1, -0.05) is 0 Å². The van der Waals surface area contributed by atoms with Gasteiger partial charge in [-0.05, 0) is 6.92 Å². The SMILES string of the molecule is COCCOc1cc(C)[nH]n1. The van der Waals surface area contributed by atoms with Crippen LogP contribution in [0.25, 0.3) is 0 Å². The average molecular weight is 156 g/mol. The molecule has 11 heavy (non-hydrogen) atoms. The molecule has 0 aromatic carbocycles. The maximum atomic E-state index is 5.20. The number of aromatic nitrogens is 2. The largest absolute Gasteiger partial charge is 0.474 e. The van der Waals surface area contributed by atoms with Crippen LogP contribution in [-0.2, 0) is 4.74 Å². The predicted octanol–water partition coefficient (Wildman–Crippen LogP) is 0.743. The first-order valence-electron chi connectivity index (χ1n) is 3.46. The molecule has 0 aliphatic carbocycles. The lowest BCUT2D eigenvalue weighted by Crippen LogP contribution is -2.04. The van der Waals surface area contributed by atoms with Gasteiger partial charge in [0, 0.05) is 18.9 Å². The third-order valence-corrected chi connectivity index (χ3v) is 1.22. The zero-order valence-corrected chi connectivity index (χ0v) is 6.76. The Kier molecular flexibility index (Phi) is 2.92. The second kappa shape index (κ2) is 3.98. The molecule has 0 aliphatic rings. The number of methoxy groups -OCH3 is 1. The summed E-state index contributed by atoms with van der Waals surface area (Å²) in [5, 5.41) is 6.66. The molecule has 4 heteroatoms. The summed E-state index contributed by atoms with van der Waals surface area (Å²) < 4.78 is 10.0. The molecule has 0 radical (unpaired) electrons. The van der Waals surface area contributed by atoms with Crippen molar-refractivity contribution >= 4 is 0 Å². The predicted molar refractivity (Wildman–Crippen MR) is 40.7 cm³/mol. The van der Waals surface area contributed by atoms with E-state index in [1.54, 1.807) is 7.11 Å². The fourth-order valence-corrected chi connectivity index (χ4v) is 0.697. The Morgan fingerprint density at radius 1 is 1.55 bits per heavy atom. The van der Waals surface area contributed by atoms with Gasteiger partial charge in [-0.3, -0.25) is 5.10 Å². The molecular formula is C7H12N2O2. The summed E-state index contributed by atoms with van der Waals surface area (Å²) in [4.78, 5) is 0. The van der Waals surface area contributed by atoms with Crippen LogP contribution in [0.2, 0.25) is 0 Å². The molecule has 0 spiro atoms. The number of hydrogen-bond donors (Lipinski definition) is 1. The second-order valence-electron chi connectivity index (χ2n) is 2.23. The van der Waals surface area contributed by atoms with E-state index in [0.29, 0.717) is 19.1 Å². The number of rotatable bonds is 4. The van der Waals surface area contributed by atoms with E-state index in [1.807, 2.05) is 13.0 Å². The summed E-state index contributed by atoms with van der Waals surface area (Å²) in [6, 6.07) is 1.84. The van der Waals surface area contributed by atoms with Gasteiger partial charge in [0.05, 0.1) is 6.61 Å². The Morgan fingerprint density at radius 2 is 2.36 bits per heavy atom. The summed E-state index contributed by atoms with van der Waals surface area (Å²) in [5.41, 5.74) is 0.998. The Balaban J connectivity index is 2.27. The van der Waals surface area contributed by atoms with Gasteiger partial charge in [-0.2, -0.15) is 0 Å². The first-order chi connectivity index (χ1) is 5.33. The molecule has 1 aromatic heterocycles. The van der Waals surface area contributed by atoms with Crippen LogP contribution in [0.15, 0.2) is 6.07 Å². The molecule has 4 nitrogen and oxygen atoms in total. The smallest absolute Gasteiger partial charge is 0.232 e. The molecule has 0 bridgehead atoms. The minimum Gasteiger partial charge on any atom is -0.474 e. The van der Waals surface area contributed by atoms with Gasteiger partial charge >= 0.3 is 0 Å². The topological polar surface area (TPSA) is 47.1 Å². The summed E-state index contributed by atoms with van der Waals surface area (Å²) in [6.07, 6.45) is 0. The third kappa shape index (κ3) is 2.59. The Morgan fingerprint density at radius 3 is 2.91 bits per heavy atom. The molecule has 1 heterocycles. The third-order valence-electron chi connectivity index (χ3n) is 1.22. The molecule has 1 N–H and O–H groups in total. The van der Waals surface area contributed by atoms with Crippen LogP contribution < -0.4 is 4.74 Å². The van der Waals surface area contributed by atoms with Crippen molar-refractivity contribution in [3.8, 4) is 5.88 Å². The van der Waals surface area contributed by atoms with Crippen molar-refractivity contribution in [2.75, 3.05) is 20.3 Å². The van der Waals surface area contributed by atoms with Gasteiger partial charge in [0.15, 0.2) is 0 Å². The number of H-pyrrole nitrogens is 1. The molecular weight excluding hydrogens is 144 g/mol. The van der Waals surface area contributed by atoms with Gasteiger partial charge in [-0.25, -0.2) is 0 Å². The minimum absolute atomic E-state index is 0.542. The van der Waals surface area contributed by atoms with Crippen LogP contribution >= 0.6 is 0 Å². The molecule has 62 valence electrons. The van der Waals surface area contributed by atoms with Crippen LogP contribution in [0.3, 0.4) is 0 Å². The summed E-state index contributed by atoms with van der Waals surface area (Å²) >= 11 is 0. The highest BCUT2D eigenvalue weighted by Crippen LogP contribution is 2.05. The molecule has 1 aromatic rings. The number of aryl methyl sites for hydroxylation is 1. The molecule has 1 rings (SSSR count). The van der Waals surface area contributed by atoms with Crippen molar-refractivity contribution in [3.63, 3.8) is 0 Å². The fraction of sp³-hybridized carbons (Fsp3) is 0.571. The standard InChI is InChI=1S/C7H12N2O2/c1-6-5-7(9-8-6)11-4-3-10-2/h5H,3-4H2,1-2H3,(H,8,9). The molecule has 0 unspecified atom stereocenters. The zero-order chi connectivity index (χ0) is 8.10. The molecule has 0 saturated carbocycles. The Labute approximate surface area is 65.5 Å². The molecule has 0 saturated heterocycles. The lowest BCUT2D eigenvalue weighted by molar-refractivity contribution is 0.143. The zero-order valence-electron chi connectivity index (χ0n) is 6.76. The number of ether oxygens (including phenoxy) is 2. The quantitative estimate of drug-likeness (QED) is 0.654. The lowest BCUT2D eigenvalue weighted by Gasteiger charge is -1.99. The summed E-state index contributed by atoms with van der Waals surface area (Å²) in [6.45, 7) is 3.06. The van der Waals surface area contributed by atoms with E-state index in [2.05, 4.69) is 10.2 Å². The summed E-state index contributed by atoms with van der Waals surface area (Å²) in [5.74, 6) is 0.625. The highest BCUT2D eigenvalue weighted by atomic mass is 16.5. The van der Waals surface area contributed by atoms with E-state index in [4.69, 9.17) is 9.47 Å². The Hall–Kier alpha value is -1.03. The van der Waals surface area contributed by atoms with E-state index >= 15 is 0 Å². The van der Waals surface area contributed by atoms with Crippen LogP contribution in [0.5, 0.6) is 5.88 Å². The van der Waals surface area contributed by atoms with Crippen LogP contribution in [0.1, 0.15) is 5.69 Å². The highest BCUT2D eigenvalue weighted by Gasteiger charge is 1.96. The fourth-order valence-electron chi connectivity index (χ4n) is 0.697. The number of nitrogens with one attached hydrogen (secondary N) is 1. The van der Waals surface area contributed by atoms with Gasteiger partial charge < -0.3 is 9.47 Å². The minimum atomic E-state index is 0.542. The van der Waals surface area contributed by atoms with Crippen molar-refractivity contribution in [2.45, 2.75) is 6.92 Å². The van der Waals surface area contributed by atoms with Gasteiger partial charge in [0.1, 0.15) is 6.61 Å². The van der Waals surface area contributed by atoms with Crippen molar-refractivity contribution in [1.29, 1.82) is 0 Å². The van der Waals surface area contributed by atoms with Crippen molar-refractivity contribution in [3.05, 3.63) is 11.8 Å². The van der Waals surface area contributed by atoms with E-state index in [-0.39, 0.29) is 0 Å². The van der Waals surface area contributed by atoms with E-state index in [9.17, 15) is 0 Å². The van der Waals surface area contributed by atoms with Crippen molar-refractivity contribution in [1.82, 2.24) is 10.2 Å². The molecule has 0 amide bonds. The number of hydrogen-bond acceptors (Lipinski definition) is 3. The van der Waals surface area contributed by atoms with Gasteiger partial charge in [0.2, 0.25) is 5.88 Å². The van der Waals surface area contributed by atoms with Gasteiger partial charge in [-0.15, -0.1) is 5.10 Å². The second-order valence-corrected chi connectivity index (χ2v) is 2.23. The van der Waals surface area contributed by atoms with E-state index in [1.165, 1.54) is 0 Å². The van der Waals surface area contributed by atoms with Crippen LogP contribution in [-0.4, -0.2) is 30.5 Å². The number of aromatic amines is 1. The summed E-state index contributed by atoms with van der Waals surface area (Å²) in [7, 11) is 1.64. The molecule has 0 fully saturated rings. The molecule has 0 atom stereocenters. The van der Waals surface area contributed by atoms with E-state index in [0.717, 1.165) is 5.69 Å². The highest BCUT2D eigenvalue weighted by molar-refractivity contribution is 5.11. The Bertz CT molecular complexity index is 210. The maximum Gasteiger partial charge on any atom is 0.232 e. The molecule has 0 aliphatic heterocycles. The van der Waals surface area contributed by atoms with Crippen LogP contribution in [0, 0.1) is 6.92 Å². The van der Waals surface area contributed by atoms with E-state index < -0.39 is 0 Å². The van der Waals surface area contributed by atoms with Crippen molar-refractivity contribution in [2.24, 2.45) is 0 Å². The average Bonchev–Trinajstić information content (AvgIpc) is 2.37. The first-order valence-corrected chi connectivity index (χ1v) is 3.46. The lowest BCUT2D eigenvalue weighted by atomic mass is 10.5. The monoisotopic (exact) mass is 156 g/mol. The number of nitrogens with zero attached hydrogens (tertiary/aromatic N) is 1. The van der Waals surface area contributed by atoms with Gasteiger partial charge in [0.25, 0.3) is 0 Å². The van der Waals surface area contributed by atoms with Crippen LogP contribution in [0.4, 0.5) is 0 Å². The maximum absolute atomic E-state index is 5.20. The first kappa shape index (κ1) is 8.07. The normalized spacial score (nSPS) is 10.0.